The maximum Gasteiger partial charge on any atom is 0.244 e. The Kier molecular flexibility index (Phi) is 5.13. The molecule has 3 aromatic rings. The van der Waals surface area contributed by atoms with E-state index < -0.39 is 0 Å². The van der Waals surface area contributed by atoms with Gasteiger partial charge in [-0.15, -0.1) is 11.3 Å². The predicted octanol–water partition coefficient (Wildman–Crippen LogP) is 3.93. The molecule has 2 aromatic heterocycles. The van der Waals surface area contributed by atoms with Crippen LogP contribution in [0.1, 0.15) is 17.2 Å². The summed E-state index contributed by atoms with van der Waals surface area (Å²) in [6.07, 6.45) is 6.46. The van der Waals surface area contributed by atoms with Crippen LogP contribution in [-0.2, 0) is 4.79 Å². The van der Waals surface area contributed by atoms with Crippen molar-refractivity contribution in [3.8, 4) is 0 Å². The van der Waals surface area contributed by atoms with Crippen molar-refractivity contribution in [3.63, 3.8) is 0 Å². The summed E-state index contributed by atoms with van der Waals surface area (Å²) in [6.45, 7) is 0.558. The van der Waals surface area contributed by atoms with E-state index in [2.05, 4.69) is 39.9 Å². The fraction of sp³-hybridized carbons (Fsp3) is 0.211. The average molecular weight is 340 g/mol. The third kappa shape index (κ3) is 3.75. The molecule has 0 aliphatic heterocycles. The van der Waals surface area contributed by atoms with Crippen molar-refractivity contribution in [1.82, 2.24) is 10.2 Å². The molecule has 124 valence electrons. The number of amides is 1. The quantitative estimate of drug-likeness (QED) is 0.692. The van der Waals surface area contributed by atoms with Crippen LogP contribution < -0.4 is 5.32 Å². The second-order valence-corrected chi connectivity index (χ2v) is 6.71. The van der Waals surface area contributed by atoms with Crippen molar-refractivity contribution < 1.29 is 9.21 Å². The summed E-state index contributed by atoms with van der Waals surface area (Å²) in [7, 11) is 4.06. The molecular formula is C19H20N2O2S. The summed E-state index contributed by atoms with van der Waals surface area (Å²) in [6, 6.07) is 10.3. The summed E-state index contributed by atoms with van der Waals surface area (Å²) >= 11 is 1.74. The molecule has 5 heteroatoms. The first-order valence-corrected chi connectivity index (χ1v) is 8.64. The summed E-state index contributed by atoms with van der Waals surface area (Å²) in [5, 5.41) is 6.42. The van der Waals surface area contributed by atoms with Gasteiger partial charge in [-0.2, -0.15) is 0 Å². The molecule has 3 rings (SSSR count). The third-order valence-electron chi connectivity index (χ3n) is 3.93. The van der Waals surface area contributed by atoms with Crippen molar-refractivity contribution in [2.45, 2.75) is 6.04 Å². The Morgan fingerprint density at radius 2 is 2.17 bits per heavy atom. The smallest absolute Gasteiger partial charge is 0.244 e. The molecule has 0 radical (unpaired) electrons. The molecule has 2 heterocycles. The van der Waals surface area contributed by atoms with E-state index in [0.29, 0.717) is 6.54 Å². The van der Waals surface area contributed by atoms with E-state index in [-0.39, 0.29) is 11.9 Å². The van der Waals surface area contributed by atoms with Gasteiger partial charge < -0.3 is 14.6 Å². The van der Waals surface area contributed by atoms with E-state index in [9.17, 15) is 4.79 Å². The lowest BCUT2D eigenvalue weighted by molar-refractivity contribution is -0.116. The number of rotatable bonds is 6. The van der Waals surface area contributed by atoms with Gasteiger partial charge in [0.25, 0.3) is 0 Å². The Morgan fingerprint density at radius 3 is 2.92 bits per heavy atom. The van der Waals surface area contributed by atoms with E-state index in [4.69, 9.17) is 4.42 Å². The van der Waals surface area contributed by atoms with E-state index in [0.717, 1.165) is 5.56 Å². The topological polar surface area (TPSA) is 45.5 Å². The van der Waals surface area contributed by atoms with Gasteiger partial charge in [-0.3, -0.25) is 4.79 Å². The van der Waals surface area contributed by atoms with E-state index in [1.54, 1.807) is 29.9 Å². The highest BCUT2D eigenvalue weighted by molar-refractivity contribution is 7.17. The average Bonchev–Trinajstić information content (AvgIpc) is 3.23. The molecule has 0 bridgehead atoms. The minimum absolute atomic E-state index is 0.109. The number of thiophene rings is 1. The summed E-state index contributed by atoms with van der Waals surface area (Å²) in [4.78, 5) is 14.2. The van der Waals surface area contributed by atoms with Crippen LogP contribution in [0.3, 0.4) is 0 Å². The molecule has 0 aliphatic rings. The molecule has 4 nitrogen and oxygen atoms in total. The van der Waals surface area contributed by atoms with Crippen LogP contribution in [0.4, 0.5) is 0 Å². The number of likely N-dealkylation sites (N-methyl/N-ethyl adjacent to an activating group) is 1. The largest absolute Gasteiger partial charge is 0.472 e. The van der Waals surface area contributed by atoms with E-state index in [1.165, 1.54) is 21.7 Å². The fourth-order valence-corrected chi connectivity index (χ4v) is 3.63. The molecule has 1 aromatic carbocycles. The van der Waals surface area contributed by atoms with Gasteiger partial charge in [0.15, 0.2) is 0 Å². The summed E-state index contributed by atoms with van der Waals surface area (Å²) < 4.78 is 6.25. The Hall–Kier alpha value is -2.37. The first kappa shape index (κ1) is 16.5. The van der Waals surface area contributed by atoms with E-state index in [1.807, 2.05) is 20.2 Å². The molecule has 0 unspecified atom stereocenters. The maximum absolute atomic E-state index is 12.1. The monoisotopic (exact) mass is 340 g/mol. The molecule has 0 saturated carbocycles. The van der Waals surface area contributed by atoms with Crippen molar-refractivity contribution in [1.29, 1.82) is 0 Å². The second-order valence-electron chi connectivity index (χ2n) is 5.80. The Balaban J connectivity index is 1.69. The van der Waals surface area contributed by atoms with Gasteiger partial charge in [-0.25, -0.2) is 0 Å². The molecule has 0 saturated heterocycles. The maximum atomic E-state index is 12.1. The predicted molar refractivity (Wildman–Crippen MR) is 99.0 cm³/mol. The fourth-order valence-electron chi connectivity index (χ4n) is 2.63. The van der Waals surface area contributed by atoms with Crippen molar-refractivity contribution in [2.24, 2.45) is 0 Å². The zero-order chi connectivity index (χ0) is 16.9. The van der Waals surface area contributed by atoms with Gasteiger partial charge in [-0.05, 0) is 48.6 Å². The normalized spacial score (nSPS) is 13.0. The summed E-state index contributed by atoms with van der Waals surface area (Å²) in [5.74, 6) is -0.109. The molecule has 1 atom stereocenters. The lowest BCUT2D eigenvalue weighted by Gasteiger charge is -2.24. The Morgan fingerprint density at radius 1 is 1.33 bits per heavy atom. The Labute approximate surface area is 145 Å². The van der Waals surface area contributed by atoms with Gasteiger partial charge >= 0.3 is 0 Å². The van der Waals surface area contributed by atoms with Crippen molar-refractivity contribution in [2.75, 3.05) is 20.6 Å². The molecule has 0 spiro atoms. The zero-order valence-electron chi connectivity index (χ0n) is 13.7. The lowest BCUT2D eigenvalue weighted by atomic mass is 10.0. The van der Waals surface area contributed by atoms with Crippen LogP contribution in [0, 0.1) is 0 Å². The first-order valence-electron chi connectivity index (χ1n) is 7.76. The van der Waals surface area contributed by atoms with Crippen LogP contribution >= 0.6 is 11.3 Å². The minimum Gasteiger partial charge on any atom is -0.472 e. The van der Waals surface area contributed by atoms with Gasteiger partial charge in [-0.1, -0.05) is 18.2 Å². The number of fused-ring (bicyclic) bond motifs is 1. The number of benzene rings is 1. The number of hydrogen-bond acceptors (Lipinski definition) is 4. The lowest BCUT2D eigenvalue weighted by Crippen LogP contribution is -2.33. The number of nitrogens with one attached hydrogen (secondary N) is 1. The SMILES string of the molecule is CN(C)[C@H](CNC(=O)/C=C/c1ccoc1)c1csc2ccccc12. The molecule has 1 amide bonds. The number of carbonyl (C=O) groups excluding carboxylic acids is 1. The van der Waals surface area contributed by atoms with Crippen LogP contribution in [0.2, 0.25) is 0 Å². The van der Waals surface area contributed by atoms with Crippen LogP contribution in [0.15, 0.2) is 58.7 Å². The number of nitrogens with zero attached hydrogens (tertiary/aromatic N) is 1. The molecule has 0 aliphatic carbocycles. The molecule has 0 fully saturated rings. The van der Waals surface area contributed by atoms with Crippen LogP contribution in [-0.4, -0.2) is 31.4 Å². The highest BCUT2D eigenvalue weighted by atomic mass is 32.1. The van der Waals surface area contributed by atoms with Gasteiger partial charge in [0.05, 0.1) is 18.6 Å². The Bertz CT molecular complexity index is 834. The van der Waals surface area contributed by atoms with Crippen LogP contribution in [0.5, 0.6) is 0 Å². The van der Waals surface area contributed by atoms with Crippen molar-refractivity contribution in [3.05, 3.63) is 65.4 Å². The summed E-state index contributed by atoms with van der Waals surface area (Å²) in [5.41, 5.74) is 2.12. The first-order chi connectivity index (χ1) is 11.6. The van der Waals surface area contributed by atoms with E-state index >= 15 is 0 Å². The third-order valence-corrected chi connectivity index (χ3v) is 4.91. The number of carbonyl (C=O) groups is 1. The molecule has 24 heavy (non-hydrogen) atoms. The zero-order valence-corrected chi connectivity index (χ0v) is 14.5. The number of hydrogen-bond donors (Lipinski definition) is 1. The van der Waals surface area contributed by atoms with Crippen molar-refractivity contribution >= 4 is 33.4 Å². The second kappa shape index (κ2) is 7.47. The number of furan rings is 1. The molecule has 1 N–H and O–H groups in total. The van der Waals surface area contributed by atoms with Gasteiger partial charge in [0, 0.05) is 22.9 Å². The van der Waals surface area contributed by atoms with Crippen LogP contribution in [0.25, 0.3) is 16.2 Å². The highest BCUT2D eigenvalue weighted by Gasteiger charge is 2.18. The highest BCUT2D eigenvalue weighted by Crippen LogP contribution is 2.31. The molecular weight excluding hydrogens is 320 g/mol. The van der Waals surface area contributed by atoms with Gasteiger partial charge in [0.1, 0.15) is 0 Å². The standard InChI is InChI=1S/C19H20N2O2S/c1-21(2)17(16-13-24-18-6-4-3-5-15(16)18)11-20-19(22)8-7-14-9-10-23-12-14/h3-10,12-13,17H,11H2,1-2H3,(H,20,22)/b8-7+/t17-/m1/s1. The minimum atomic E-state index is -0.109. The van der Waals surface area contributed by atoms with Gasteiger partial charge in [0.2, 0.25) is 5.91 Å².